The van der Waals surface area contributed by atoms with Gasteiger partial charge >= 0.3 is 0 Å². The zero-order valence-electron chi connectivity index (χ0n) is 11.6. The summed E-state index contributed by atoms with van der Waals surface area (Å²) in [5.74, 6) is 0.223. The minimum Gasteiger partial charge on any atom is -0.339 e. The predicted octanol–water partition coefficient (Wildman–Crippen LogP) is 1.73. The van der Waals surface area contributed by atoms with Crippen LogP contribution in [0.3, 0.4) is 0 Å². The van der Waals surface area contributed by atoms with Crippen LogP contribution in [0.5, 0.6) is 0 Å². The minimum atomic E-state index is 0. The van der Waals surface area contributed by atoms with Crippen LogP contribution >= 0.6 is 28.3 Å². The zero-order chi connectivity index (χ0) is 13.7. The fraction of sp³-hybridized carbons (Fsp3) is 0.500. The van der Waals surface area contributed by atoms with E-state index < -0.39 is 0 Å². The normalized spacial score (nSPS) is 15.1. The van der Waals surface area contributed by atoms with Crippen LogP contribution in [0, 0.1) is 0 Å². The van der Waals surface area contributed by atoms with Gasteiger partial charge in [-0.15, -0.1) is 12.4 Å². The van der Waals surface area contributed by atoms with Crippen LogP contribution in [0.1, 0.15) is 5.56 Å². The van der Waals surface area contributed by atoms with E-state index in [0.29, 0.717) is 6.54 Å². The first-order valence-electron chi connectivity index (χ1n) is 6.56. The summed E-state index contributed by atoms with van der Waals surface area (Å²) in [5, 5.41) is 3.26. The number of piperazine rings is 1. The summed E-state index contributed by atoms with van der Waals surface area (Å²) in [6, 6.07) is 8.22. The third-order valence-electron chi connectivity index (χ3n) is 3.24. The van der Waals surface area contributed by atoms with Gasteiger partial charge in [0, 0.05) is 37.2 Å². The average molecular weight is 363 g/mol. The van der Waals surface area contributed by atoms with Crippen molar-refractivity contribution in [2.45, 2.75) is 6.54 Å². The molecule has 0 atom stereocenters. The molecule has 0 aliphatic carbocycles. The molecule has 6 heteroatoms. The first kappa shape index (κ1) is 17.4. The highest BCUT2D eigenvalue weighted by Crippen LogP contribution is 2.11. The number of nitrogens with zero attached hydrogens (tertiary/aromatic N) is 2. The summed E-state index contributed by atoms with van der Waals surface area (Å²) >= 11 is 3.42. The van der Waals surface area contributed by atoms with Gasteiger partial charge in [0.25, 0.3) is 0 Å². The van der Waals surface area contributed by atoms with Crippen molar-refractivity contribution in [1.29, 1.82) is 0 Å². The highest BCUT2D eigenvalue weighted by Gasteiger charge is 2.17. The number of likely N-dealkylation sites (N-methyl/N-ethyl adjacent to an activating group) is 1. The number of hydrogen-bond donors (Lipinski definition) is 1. The maximum atomic E-state index is 12.1. The first-order valence-corrected chi connectivity index (χ1v) is 7.36. The number of halogens is 2. The van der Waals surface area contributed by atoms with Crippen LogP contribution in [-0.2, 0) is 11.3 Å². The number of rotatable bonds is 4. The van der Waals surface area contributed by atoms with Crippen molar-refractivity contribution in [3.63, 3.8) is 0 Å². The minimum absolute atomic E-state index is 0. The van der Waals surface area contributed by atoms with Crippen LogP contribution < -0.4 is 5.32 Å². The third-order valence-corrected chi connectivity index (χ3v) is 3.77. The third kappa shape index (κ3) is 5.40. The highest BCUT2D eigenvalue weighted by atomic mass is 79.9. The molecule has 0 unspecified atom stereocenters. The summed E-state index contributed by atoms with van der Waals surface area (Å²) < 4.78 is 1.08. The van der Waals surface area contributed by atoms with E-state index in [1.165, 1.54) is 5.56 Å². The summed E-state index contributed by atoms with van der Waals surface area (Å²) in [7, 11) is 1.99. The van der Waals surface area contributed by atoms with Gasteiger partial charge in [0.15, 0.2) is 0 Å². The van der Waals surface area contributed by atoms with Gasteiger partial charge in [-0.2, -0.15) is 0 Å². The first-order chi connectivity index (χ1) is 9.15. The Morgan fingerprint density at radius 3 is 2.50 bits per heavy atom. The maximum Gasteiger partial charge on any atom is 0.236 e. The van der Waals surface area contributed by atoms with Gasteiger partial charge in [0.1, 0.15) is 0 Å². The Morgan fingerprint density at radius 2 is 1.90 bits per heavy atom. The largest absolute Gasteiger partial charge is 0.339 e. The van der Waals surface area contributed by atoms with E-state index in [1.807, 2.05) is 24.1 Å². The fourth-order valence-corrected chi connectivity index (χ4v) is 2.47. The van der Waals surface area contributed by atoms with Crippen molar-refractivity contribution in [1.82, 2.24) is 15.1 Å². The molecular formula is C14H21BrClN3O. The Bertz CT molecular complexity index is 421. The lowest BCUT2D eigenvalue weighted by atomic mass is 10.2. The van der Waals surface area contributed by atoms with E-state index in [9.17, 15) is 4.79 Å². The molecule has 1 N–H and O–H groups in total. The molecule has 0 radical (unpaired) electrons. The maximum absolute atomic E-state index is 12.1. The van der Waals surface area contributed by atoms with Crippen molar-refractivity contribution in [2.75, 3.05) is 39.8 Å². The molecule has 1 heterocycles. The van der Waals surface area contributed by atoms with E-state index in [-0.39, 0.29) is 18.3 Å². The zero-order valence-corrected chi connectivity index (χ0v) is 14.0. The second-order valence-corrected chi connectivity index (χ2v) is 5.85. The molecule has 0 bridgehead atoms. The molecule has 1 saturated heterocycles. The number of benzene rings is 1. The van der Waals surface area contributed by atoms with E-state index >= 15 is 0 Å². The van der Waals surface area contributed by atoms with Crippen LogP contribution in [0.4, 0.5) is 0 Å². The standard InChI is InChI=1S/C14H20BrN3O.ClH/c1-17(10-12-2-4-13(15)5-3-12)11-14(19)18-8-6-16-7-9-18;/h2-5,16H,6-11H2,1H3;1H. The molecular weight excluding hydrogens is 342 g/mol. The molecule has 1 aliphatic heterocycles. The van der Waals surface area contributed by atoms with E-state index in [0.717, 1.165) is 37.2 Å². The van der Waals surface area contributed by atoms with E-state index in [4.69, 9.17) is 0 Å². The molecule has 1 fully saturated rings. The number of hydrogen-bond acceptors (Lipinski definition) is 3. The van der Waals surface area contributed by atoms with Crippen LogP contribution in [0.2, 0.25) is 0 Å². The monoisotopic (exact) mass is 361 g/mol. The van der Waals surface area contributed by atoms with Gasteiger partial charge in [0.05, 0.1) is 6.54 Å². The van der Waals surface area contributed by atoms with Crippen molar-refractivity contribution >= 4 is 34.2 Å². The summed E-state index contributed by atoms with van der Waals surface area (Å²) in [6.45, 7) is 4.74. The summed E-state index contributed by atoms with van der Waals surface area (Å²) in [6.07, 6.45) is 0. The van der Waals surface area contributed by atoms with E-state index in [2.05, 4.69) is 38.3 Å². The Labute approximate surface area is 135 Å². The molecule has 0 aromatic heterocycles. The predicted molar refractivity (Wildman–Crippen MR) is 87.2 cm³/mol. The molecule has 1 aromatic rings. The van der Waals surface area contributed by atoms with Gasteiger partial charge in [-0.25, -0.2) is 0 Å². The van der Waals surface area contributed by atoms with Gasteiger partial charge in [0.2, 0.25) is 5.91 Å². The Balaban J connectivity index is 0.00000200. The average Bonchev–Trinajstić information content (AvgIpc) is 2.42. The molecule has 4 nitrogen and oxygen atoms in total. The van der Waals surface area contributed by atoms with Gasteiger partial charge < -0.3 is 10.2 Å². The van der Waals surface area contributed by atoms with E-state index in [1.54, 1.807) is 0 Å². The second-order valence-electron chi connectivity index (χ2n) is 4.93. The lowest BCUT2D eigenvalue weighted by Gasteiger charge is -2.29. The van der Waals surface area contributed by atoms with Crippen LogP contribution in [0.25, 0.3) is 0 Å². The molecule has 1 aromatic carbocycles. The summed E-state index contributed by atoms with van der Waals surface area (Å²) in [5.41, 5.74) is 1.22. The lowest BCUT2D eigenvalue weighted by Crippen LogP contribution is -2.49. The quantitative estimate of drug-likeness (QED) is 0.886. The molecule has 112 valence electrons. The number of nitrogens with one attached hydrogen (secondary N) is 1. The number of carbonyl (C=O) groups excluding carboxylic acids is 1. The Kier molecular flexibility index (Phi) is 7.51. The van der Waals surface area contributed by atoms with Gasteiger partial charge in [-0.3, -0.25) is 9.69 Å². The van der Waals surface area contributed by atoms with Gasteiger partial charge in [-0.05, 0) is 24.7 Å². The second kappa shape index (κ2) is 8.62. The molecule has 0 spiro atoms. The smallest absolute Gasteiger partial charge is 0.236 e. The molecule has 0 saturated carbocycles. The summed E-state index contributed by atoms with van der Waals surface area (Å²) in [4.78, 5) is 16.1. The number of amides is 1. The lowest BCUT2D eigenvalue weighted by molar-refractivity contribution is -0.132. The molecule has 1 aliphatic rings. The highest BCUT2D eigenvalue weighted by molar-refractivity contribution is 9.10. The van der Waals surface area contributed by atoms with Crippen molar-refractivity contribution < 1.29 is 4.79 Å². The van der Waals surface area contributed by atoms with Gasteiger partial charge in [-0.1, -0.05) is 28.1 Å². The van der Waals surface area contributed by atoms with Crippen molar-refractivity contribution in [2.24, 2.45) is 0 Å². The van der Waals surface area contributed by atoms with Crippen LogP contribution in [-0.4, -0.2) is 55.5 Å². The SMILES string of the molecule is CN(CC(=O)N1CCNCC1)Cc1ccc(Br)cc1.Cl. The molecule has 1 amide bonds. The van der Waals surface area contributed by atoms with Crippen molar-refractivity contribution in [3.8, 4) is 0 Å². The molecule has 2 rings (SSSR count). The number of carbonyl (C=O) groups is 1. The molecule has 20 heavy (non-hydrogen) atoms. The Morgan fingerprint density at radius 1 is 1.30 bits per heavy atom. The fourth-order valence-electron chi connectivity index (χ4n) is 2.20. The van der Waals surface area contributed by atoms with Crippen molar-refractivity contribution in [3.05, 3.63) is 34.3 Å². The van der Waals surface area contributed by atoms with Crippen LogP contribution in [0.15, 0.2) is 28.7 Å². The Hall–Kier alpha value is -0.620. The topological polar surface area (TPSA) is 35.6 Å².